The molecule has 0 bridgehead atoms. The number of carboxylic acid groups (broad SMARTS) is 1. The molecule has 0 spiro atoms. The average Bonchev–Trinajstić information content (AvgIpc) is 3.28. The van der Waals surface area contributed by atoms with Crippen molar-refractivity contribution in [2.24, 2.45) is 0 Å². The van der Waals surface area contributed by atoms with Crippen molar-refractivity contribution in [1.82, 2.24) is 19.5 Å². The van der Waals surface area contributed by atoms with Gasteiger partial charge in [-0.25, -0.2) is 4.79 Å². The summed E-state index contributed by atoms with van der Waals surface area (Å²) in [6, 6.07) is 7.06. The van der Waals surface area contributed by atoms with Gasteiger partial charge in [-0.15, -0.1) is 0 Å². The molecule has 1 saturated heterocycles. The third-order valence-corrected chi connectivity index (χ3v) is 6.86. The lowest BCUT2D eigenvalue weighted by Crippen LogP contribution is -2.26. The van der Waals surface area contributed by atoms with Crippen molar-refractivity contribution < 1.29 is 22.5 Å². The zero-order chi connectivity index (χ0) is 20.8. The molecule has 2 aromatic heterocycles. The van der Waals surface area contributed by atoms with E-state index in [4.69, 9.17) is 9.29 Å². The van der Waals surface area contributed by atoms with Crippen LogP contribution in [0.15, 0.2) is 40.0 Å². The lowest BCUT2D eigenvalue weighted by atomic mass is 10.1. The van der Waals surface area contributed by atoms with Gasteiger partial charge >= 0.3 is 16.2 Å². The number of hydrogen-bond donors (Lipinski definition) is 1. The molecule has 29 heavy (non-hydrogen) atoms. The molecule has 1 atom stereocenters. The first-order valence-electron chi connectivity index (χ1n) is 8.63. The van der Waals surface area contributed by atoms with E-state index in [2.05, 4.69) is 10.1 Å². The fraction of sp³-hybridized carbons (Fsp3) is 0.294. The zero-order valence-corrected chi connectivity index (χ0v) is 16.8. The van der Waals surface area contributed by atoms with Gasteiger partial charge < -0.3 is 14.2 Å². The zero-order valence-electron chi connectivity index (χ0n) is 15.2. The number of nitrogens with zero attached hydrogens (tertiary/aromatic N) is 4. The number of carbonyl (C=O) groups is 1. The first-order chi connectivity index (χ1) is 13.7. The molecular weight excluding hydrogens is 420 g/mol. The summed E-state index contributed by atoms with van der Waals surface area (Å²) in [5, 5.41) is 13.9. The van der Waals surface area contributed by atoms with Gasteiger partial charge in [-0.3, -0.25) is 4.79 Å². The molecule has 0 saturated carbocycles. The second-order valence-electron chi connectivity index (χ2n) is 6.63. The molecule has 1 fully saturated rings. The smallest absolute Gasteiger partial charge is 0.407 e. The highest BCUT2D eigenvalue weighted by molar-refractivity contribution is 7.87. The van der Waals surface area contributed by atoms with Crippen molar-refractivity contribution in [3.05, 3.63) is 51.3 Å². The Morgan fingerprint density at radius 2 is 2.03 bits per heavy atom. The predicted molar refractivity (Wildman–Crippen MR) is 103 cm³/mol. The summed E-state index contributed by atoms with van der Waals surface area (Å²) in [4.78, 5) is 29.0. The lowest BCUT2D eigenvalue weighted by Gasteiger charge is -2.09. The minimum Gasteiger partial charge on any atom is -0.465 e. The maximum atomic E-state index is 12.4. The van der Waals surface area contributed by atoms with Crippen LogP contribution in [-0.4, -0.2) is 52.2 Å². The van der Waals surface area contributed by atoms with Gasteiger partial charge in [-0.1, -0.05) is 29.0 Å². The number of aromatic nitrogens is 3. The predicted octanol–water partition coefficient (Wildman–Crippen LogP) is 1.69. The molecule has 4 rings (SSSR count). The van der Waals surface area contributed by atoms with E-state index in [1.807, 2.05) is 6.92 Å². The molecule has 3 heterocycles. The fourth-order valence-electron chi connectivity index (χ4n) is 3.01. The van der Waals surface area contributed by atoms with Crippen molar-refractivity contribution in [2.45, 2.75) is 24.2 Å². The van der Waals surface area contributed by atoms with Gasteiger partial charge in [0.2, 0.25) is 10.8 Å². The Labute approximate surface area is 169 Å². The van der Waals surface area contributed by atoms with Crippen LogP contribution in [0.2, 0.25) is 0 Å². The normalized spacial score (nSPS) is 17.0. The van der Waals surface area contributed by atoms with Gasteiger partial charge in [0.15, 0.2) is 0 Å². The third kappa shape index (κ3) is 3.80. The Bertz CT molecular complexity index is 1250. The van der Waals surface area contributed by atoms with E-state index in [1.54, 1.807) is 12.1 Å². The molecule has 152 valence electrons. The Hall–Kier alpha value is -2.99. The largest absolute Gasteiger partial charge is 0.465 e. The highest BCUT2D eigenvalue weighted by atomic mass is 32.2. The minimum absolute atomic E-state index is 0.0465. The van der Waals surface area contributed by atoms with Crippen molar-refractivity contribution in [1.29, 1.82) is 0 Å². The Morgan fingerprint density at radius 1 is 1.31 bits per heavy atom. The number of fused-ring (bicyclic) bond motifs is 1. The van der Waals surface area contributed by atoms with Crippen molar-refractivity contribution in [2.75, 3.05) is 13.1 Å². The van der Waals surface area contributed by atoms with E-state index in [0.29, 0.717) is 18.0 Å². The Kier molecular flexibility index (Phi) is 4.74. The first-order valence-corrected chi connectivity index (χ1v) is 10.9. The van der Waals surface area contributed by atoms with Gasteiger partial charge in [-0.2, -0.15) is 23.0 Å². The van der Waals surface area contributed by atoms with Crippen LogP contribution < -0.4 is 9.74 Å². The number of rotatable bonds is 4. The molecule has 1 aliphatic rings. The topological polar surface area (TPSA) is 131 Å². The molecule has 1 aliphatic heterocycles. The summed E-state index contributed by atoms with van der Waals surface area (Å²) in [5.74, 6) is -0.484. The van der Waals surface area contributed by atoms with Crippen LogP contribution in [0, 0.1) is 6.92 Å². The summed E-state index contributed by atoms with van der Waals surface area (Å²) in [6.07, 6.45) is -0.410. The molecule has 1 amide bonds. The van der Waals surface area contributed by atoms with Crippen LogP contribution in [-0.2, 0) is 10.1 Å². The second kappa shape index (κ2) is 7.12. The van der Waals surface area contributed by atoms with E-state index in [1.165, 1.54) is 17.0 Å². The van der Waals surface area contributed by atoms with Gasteiger partial charge in [0.25, 0.3) is 5.56 Å². The molecule has 0 radical (unpaired) electrons. The summed E-state index contributed by atoms with van der Waals surface area (Å²) in [5.41, 5.74) is 0.312. The molecule has 1 unspecified atom stereocenters. The summed E-state index contributed by atoms with van der Waals surface area (Å²) in [6.45, 7) is 2.51. The van der Waals surface area contributed by atoms with Crippen molar-refractivity contribution in [3.63, 3.8) is 0 Å². The highest BCUT2D eigenvalue weighted by Crippen LogP contribution is 2.30. The summed E-state index contributed by atoms with van der Waals surface area (Å²) >= 11 is 1.11. The molecule has 3 aromatic rings. The number of likely N-dealkylation sites (tertiary alicyclic amines) is 1. The van der Waals surface area contributed by atoms with E-state index in [-0.39, 0.29) is 28.2 Å². The quantitative estimate of drug-likeness (QED) is 0.611. The van der Waals surface area contributed by atoms with E-state index in [0.717, 1.165) is 27.5 Å². The average molecular weight is 436 g/mol. The van der Waals surface area contributed by atoms with Crippen LogP contribution in [0.5, 0.6) is 5.88 Å². The number of aryl methyl sites for hydroxylation is 1. The van der Waals surface area contributed by atoms with Gasteiger partial charge in [-0.05, 0) is 25.5 Å². The standard InChI is InChI=1S/C17H16N4O6S2/c1-10-2-4-12(5-3-10)29(25,26)27-13-8-14(22)21-16(18-13)28-15(19-21)11-6-7-20(9-11)17(23)24/h2-5,8,11H,6-7,9H2,1H3,(H,23,24). The maximum absolute atomic E-state index is 12.4. The minimum atomic E-state index is -4.14. The molecule has 0 aliphatic carbocycles. The Morgan fingerprint density at radius 3 is 2.69 bits per heavy atom. The first kappa shape index (κ1) is 19.3. The Balaban J connectivity index is 1.63. The monoisotopic (exact) mass is 436 g/mol. The maximum Gasteiger partial charge on any atom is 0.407 e. The van der Waals surface area contributed by atoms with Gasteiger partial charge in [0.05, 0.1) is 6.07 Å². The summed E-state index contributed by atoms with van der Waals surface area (Å²) in [7, 11) is -4.14. The van der Waals surface area contributed by atoms with E-state index in [9.17, 15) is 18.0 Å². The van der Waals surface area contributed by atoms with E-state index < -0.39 is 21.8 Å². The third-order valence-electron chi connectivity index (χ3n) is 4.55. The number of benzene rings is 1. The van der Waals surface area contributed by atoms with Gasteiger partial charge in [0.1, 0.15) is 9.90 Å². The molecule has 10 nitrogen and oxygen atoms in total. The van der Waals surface area contributed by atoms with Crippen LogP contribution in [0.4, 0.5) is 4.79 Å². The molecule has 12 heteroatoms. The molecule has 1 aromatic carbocycles. The van der Waals surface area contributed by atoms with Crippen molar-refractivity contribution >= 4 is 32.5 Å². The van der Waals surface area contributed by atoms with Gasteiger partial charge in [0, 0.05) is 19.0 Å². The highest BCUT2D eigenvalue weighted by Gasteiger charge is 2.30. The fourth-order valence-corrected chi connectivity index (χ4v) is 4.91. The number of hydrogen-bond acceptors (Lipinski definition) is 8. The summed E-state index contributed by atoms with van der Waals surface area (Å²) < 4.78 is 31.0. The molecular formula is C17H16N4O6S2. The van der Waals surface area contributed by atoms with Crippen LogP contribution in [0.25, 0.3) is 4.96 Å². The number of amides is 1. The van der Waals surface area contributed by atoms with Crippen LogP contribution >= 0.6 is 11.3 Å². The van der Waals surface area contributed by atoms with Crippen LogP contribution in [0.3, 0.4) is 0 Å². The SMILES string of the molecule is Cc1ccc(S(=O)(=O)Oc2cc(=O)n3nc(C4CCN(C(=O)O)C4)sc3n2)cc1. The lowest BCUT2D eigenvalue weighted by molar-refractivity contribution is 0.155. The van der Waals surface area contributed by atoms with E-state index >= 15 is 0 Å². The molecule has 1 N–H and O–H groups in total. The second-order valence-corrected chi connectivity index (χ2v) is 9.17. The van der Waals surface area contributed by atoms with Crippen molar-refractivity contribution in [3.8, 4) is 5.88 Å². The van der Waals surface area contributed by atoms with Crippen LogP contribution in [0.1, 0.15) is 22.9 Å².